The van der Waals surface area contributed by atoms with Crippen molar-refractivity contribution in [1.82, 2.24) is 4.90 Å². The second-order valence-corrected chi connectivity index (χ2v) is 6.31. The Hall–Kier alpha value is -1.06. The molecule has 1 aliphatic rings. The Kier molecular flexibility index (Phi) is 5.65. The van der Waals surface area contributed by atoms with Crippen molar-refractivity contribution in [2.24, 2.45) is 0 Å². The first-order valence-corrected chi connectivity index (χ1v) is 8.27. The monoisotopic (exact) mass is 291 g/mol. The largest absolute Gasteiger partial charge is 0.490 e. The van der Waals surface area contributed by atoms with Crippen LogP contribution in [0.5, 0.6) is 5.75 Å². The van der Waals surface area contributed by atoms with Crippen molar-refractivity contribution in [3.8, 4) is 5.75 Å². The number of ether oxygens (including phenoxy) is 1. The Bertz CT molecular complexity index is 453. The van der Waals surface area contributed by atoms with Crippen LogP contribution in [0.15, 0.2) is 18.2 Å². The predicted molar refractivity (Wildman–Crippen MR) is 86.9 cm³/mol. The maximum Gasteiger partial charge on any atom is 0.124 e. The molecule has 1 aromatic carbocycles. The van der Waals surface area contributed by atoms with E-state index in [9.17, 15) is 5.11 Å². The third kappa shape index (κ3) is 3.58. The van der Waals surface area contributed by atoms with Gasteiger partial charge >= 0.3 is 0 Å². The molecule has 0 saturated carbocycles. The first-order chi connectivity index (χ1) is 10.1. The van der Waals surface area contributed by atoms with Crippen LogP contribution in [0.3, 0.4) is 0 Å². The topological polar surface area (TPSA) is 32.7 Å². The SMILES string of the molecule is CCCN(CCC)C1c2cc(C(C)C)ccc2OCC1O. The molecule has 1 aromatic rings. The van der Waals surface area contributed by atoms with E-state index in [2.05, 4.69) is 50.8 Å². The number of hydrogen-bond donors (Lipinski definition) is 1. The number of aliphatic hydroxyl groups excluding tert-OH is 1. The molecule has 2 atom stereocenters. The van der Waals surface area contributed by atoms with E-state index < -0.39 is 6.10 Å². The molecule has 0 aliphatic carbocycles. The van der Waals surface area contributed by atoms with Crippen molar-refractivity contribution < 1.29 is 9.84 Å². The maximum atomic E-state index is 10.5. The highest BCUT2D eigenvalue weighted by atomic mass is 16.5. The lowest BCUT2D eigenvalue weighted by molar-refractivity contribution is -0.000260. The summed E-state index contributed by atoms with van der Waals surface area (Å²) in [6.45, 7) is 11.2. The molecule has 0 radical (unpaired) electrons. The van der Waals surface area contributed by atoms with Gasteiger partial charge in [-0.2, -0.15) is 0 Å². The Morgan fingerprint density at radius 3 is 2.48 bits per heavy atom. The number of hydrogen-bond acceptors (Lipinski definition) is 3. The van der Waals surface area contributed by atoms with Crippen molar-refractivity contribution in [3.63, 3.8) is 0 Å². The number of fused-ring (bicyclic) bond motifs is 1. The molecule has 0 saturated heterocycles. The fourth-order valence-corrected chi connectivity index (χ4v) is 3.17. The van der Waals surface area contributed by atoms with Gasteiger partial charge in [0, 0.05) is 5.56 Å². The van der Waals surface area contributed by atoms with E-state index >= 15 is 0 Å². The summed E-state index contributed by atoms with van der Waals surface area (Å²) in [5.41, 5.74) is 2.46. The Labute approximate surface area is 128 Å². The molecule has 3 nitrogen and oxygen atoms in total. The average Bonchev–Trinajstić information content (AvgIpc) is 2.46. The third-order valence-electron chi connectivity index (χ3n) is 4.21. The minimum absolute atomic E-state index is 0.0624. The molecular weight excluding hydrogens is 262 g/mol. The number of nitrogens with zero attached hydrogens (tertiary/aromatic N) is 1. The van der Waals surface area contributed by atoms with Crippen LogP contribution in [0.1, 0.15) is 63.6 Å². The summed E-state index contributed by atoms with van der Waals surface area (Å²) in [5, 5.41) is 10.5. The van der Waals surface area contributed by atoms with E-state index in [1.165, 1.54) is 5.56 Å². The van der Waals surface area contributed by atoms with Crippen molar-refractivity contribution in [3.05, 3.63) is 29.3 Å². The van der Waals surface area contributed by atoms with Gasteiger partial charge in [0.15, 0.2) is 0 Å². The smallest absolute Gasteiger partial charge is 0.124 e. The molecule has 2 rings (SSSR count). The highest BCUT2D eigenvalue weighted by molar-refractivity contribution is 5.42. The van der Waals surface area contributed by atoms with Crippen LogP contribution in [0.2, 0.25) is 0 Å². The van der Waals surface area contributed by atoms with Gasteiger partial charge in [-0.15, -0.1) is 0 Å². The van der Waals surface area contributed by atoms with Crippen LogP contribution in [0.4, 0.5) is 0 Å². The van der Waals surface area contributed by atoms with Gasteiger partial charge in [0.2, 0.25) is 0 Å². The van der Waals surface area contributed by atoms with Gasteiger partial charge in [-0.05, 0) is 43.5 Å². The van der Waals surface area contributed by atoms with Crippen LogP contribution >= 0.6 is 0 Å². The standard InChI is InChI=1S/C18H29NO2/c1-5-9-19(10-6-2)18-15-11-14(13(3)4)7-8-17(15)21-12-16(18)20/h7-8,11,13,16,18,20H,5-6,9-10,12H2,1-4H3. The zero-order chi connectivity index (χ0) is 15.4. The summed E-state index contributed by atoms with van der Waals surface area (Å²) in [4.78, 5) is 2.41. The van der Waals surface area contributed by atoms with Crippen LogP contribution < -0.4 is 4.74 Å². The predicted octanol–water partition coefficient (Wildman–Crippen LogP) is 3.73. The number of benzene rings is 1. The molecule has 3 heteroatoms. The third-order valence-corrected chi connectivity index (χ3v) is 4.21. The second kappa shape index (κ2) is 7.28. The molecule has 0 amide bonds. The van der Waals surface area contributed by atoms with Gasteiger partial charge in [0.25, 0.3) is 0 Å². The first kappa shape index (κ1) is 16.3. The summed E-state index contributed by atoms with van der Waals surface area (Å²) >= 11 is 0. The molecule has 0 fully saturated rings. The van der Waals surface area contributed by atoms with E-state index in [4.69, 9.17) is 4.74 Å². The highest BCUT2D eigenvalue weighted by Crippen LogP contribution is 2.38. The molecular formula is C18H29NO2. The Morgan fingerprint density at radius 1 is 1.24 bits per heavy atom. The molecule has 2 unspecified atom stereocenters. The molecule has 0 spiro atoms. The summed E-state index contributed by atoms with van der Waals surface area (Å²) in [6.07, 6.45) is 1.75. The van der Waals surface area contributed by atoms with Gasteiger partial charge in [0.05, 0.1) is 6.04 Å². The van der Waals surface area contributed by atoms with Gasteiger partial charge in [-0.3, -0.25) is 4.90 Å². The van der Waals surface area contributed by atoms with Crippen LogP contribution in [-0.4, -0.2) is 35.8 Å². The van der Waals surface area contributed by atoms with Crippen molar-refractivity contribution in [2.75, 3.05) is 19.7 Å². The summed E-state index contributed by atoms with van der Waals surface area (Å²) in [7, 11) is 0. The van der Waals surface area contributed by atoms with Crippen LogP contribution in [0, 0.1) is 0 Å². The molecule has 21 heavy (non-hydrogen) atoms. The van der Waals surface area contributed by atoms with Gasteiger partial charge in [-0.1, -0.05) is 39.8 Å². The normalized spacial score (nSPS) is 21.5. The highest BCUT2D eigenvalue weighted by Gasteiger charge is 2.33. The van der Waals surface area contributed by atoms with Crippen molar-refractivity contribution in [2.45, 2.75) is 58.6 Å². The van der Waals surface area contributed by atoms with E-state index in [1.807, 2.05) is 0 Å². The quantitative estimate of drug-likeness (QED) is 0.867. The molecule has 1 heterocycles. The molecule has 1 N–H and O–H groups in total. The Morgan fingerprint density at radius 2 is 1.90 bits per heavy atom. The van der Waals surface area contributed by atoms with E-state index in [-0.39, 0.29) is 6.04 Å². The summed E-state index contributed by atoms with van der Waals surface area (Å²) < 4.78 is 5.73. The van der Waals surface area contributed by atoms with Gasteiger partial charge in [0.1, 0.15) is 18.5 Å². The van der Waals surface area contributed by atoms with Crippen LogP contribution in [-0.2, 0) is 0 Å². The van der Waals surface area contributed by atoms with Crippen LogP contribution in [0.25, 0.3) is 0 Å². The maximum absolute atomic E-state index is 10.5. The molecule has 0 bridgehead atoms. The van der Waals surface area contributed by atoms with Gasteiger partial charge in [-0.25, -0.2) is 0 Å². The minimum Gasteiger partial charge on any atom is -0.490 e. The lowest BCUT2D eigenvalue weighted by Gasteiger charge is -2.39. The van der Waals surface area contributed by atoms with E-state index in [0.29, 0.717) is 12.5 Å². The fourth-order valence-electron chi connectivity index (χ4n) is 3.17. The molecule has 0 aromatic heterocycles. The van der Waals surface area contributed by atoms with Crippen molar-refractivity contribution >= 4 is 0 Å². The number of aliphatic hydroxyl groups is 1. The fraction of sp³-hybridized carbons (Fsp3) is 0.667. The molecule has 1 aliphatic heterocycles. The summed E-state index contributed by atoms with van der Waals surface area (Å²) in [6, 6.07) is 6.50. The second-order valence-electron chi connectivity index (χ2n) is 6.31. The lowest BCUT2D eigenvalue weighted by Crippen LogP contribution is -2.43. The van der Waals surface area contributed by atoms with E-state index in [1.54, 1.807) is 0 Å². The Balaban J connectivity index is 2.38. The number of rotatable bonds is 6. The lowest BCUT2D eigenvalue weighted by atomic mass is 9.91. The average molecular weight is 291 g/mol. The first-order valence-electron chi connectivity index (χ1n) is 8.27. The van der Waals surface area contributed by atoms with Crippen molar-refractivity contribution in [1.29, 1.82) is 0 Å². The molecule has 118 valence electrons. The zero-order valence-corrected chi connectivity index (χ0v) is 13.8. The summed E-state index contributed by atoms with van der Waals surface area (Å²) in [5.74, 6) is 1.42. The zero-order valence-electron chi connectivity index (χ0n) is 13.8. The minimum atomic E-state index is -0.446. The van der Waals surface area contributed by atoms with E-state index in [0.717, 1.165) is 37.2 Å². The van der Waals surface area contributed by atoms with Gasteiger partial charge < -0.3 is 9.84 Å².